The number of carbonyl (C=O) groups is 1. The second-order valence-electron chi connectivity index (χ2n) is 7.74. The van der Waals surface area contributed by atoms with Gasteiger partial charge in [-0.2, -0.15) is 0 Å². The van der Waals surface area contributed by atoms with E-state index in [9.17, 15) is 18.8 Å². The molecule has 0 aromatic heterocycles. The van der Waals surface area contributed by atoms with Crippen molar-refractivity contribution in [2.75, 3.05) is 26.4 Å². The highest BCUT2D eigenvalue weighted by Gasteiger charge is 2.36. The Morgan fingerprint density at radius 1 is 1.19 bits per heavy atom. The minimum absolute atomic E-state index is 0.00484. The Balaban J connectivity index is 1.97. The van der Waals surface area contributed by atoms with Crippen molar-refractivity contribution in [1.82, 2.24) is 4.90 Å². The highest BCUT2D eigenvalue weighted by molar-refractivity contribution is 6.02. The van der Waals surface area contributed by atoms with Crippen LogP contribution in [0.25, 0.3) is 0 Å². The third kappa shape index (κ3) is 6.34. The van der Waals surface area contributed by atoms with Crippen molar-refractivity contribution in [1.29, 1.82) is 0 Å². The van der Waals surface area contributed by atoms with Gasteiger partial charge in [-0.25, -0.2) is 8.78 Å². The lowest BCUT2D eigenvalue weighted by molar-refractivity contribution is -0.153. The zero-order chi connectivity index (χ0) is 22.9. The van der Waals surface area contributed by atoms with Gasteiger partial charge in [0, 0.05) is 37.9 Å². The van der Waals surface area contributed by atoms with Crippen LogP contribution < -0.4 is 0 Å². The maximum absolute atomic E-state index is 13.8. The average molecular weight is 446 g/mol. The van der Waals surface area contributed by atoms with E-state index in [-0.39, 0.29) is 36.3 Å². The van der Waals surface area contributed by atoms with Crippen molar-refractivity contribution in [2.45, 2.75) is 32.4 Å². The molecular formula is C24H28F2N2O4. The van der Waals surface area contributed by atoms with Gasteiger partial charge in [-0.15, -0.1) is 0 Å². The van der Waals surface area contributed by atoms with Crippen LogP contribution in [0.4, 0.5) is 8.78 Å². The SMILES string of the molecule is CCOC(=O)C(C1CCOCC1)N(CC(=NO)c1cc(F)cc(F)c1)Cc1ccccc1. The molecule has 0 amide bonds. The maximum Gasteiger partial charge on any atom is 0.323 e. The summed E-state index contributed by atoms with van der Waals surface area (Å²) in [6, 6.07) is 11.9. The number of halogens is 2. The van der Waals surface area contributed by atoms with E-state index in [1.165, 1.54) is 0 Å². The van der Waals surface area contributed by atoms with Gasteiger partial charge in [-0.05, 0) is 43.4 Å². The molecule has 1 fully saturated rings. The topological polar surface area (TPSA) is 71.4 Å². The number of rotatable bonds is 9. The molecule has 8 heteroatoms. The number of hydrogen-bond acceptors (Lipinski definition) is 6. The maximum atomic E-state index is 13.8. The first kappa shape index (κ1) is 23.8. The molecule has 1 atom stereocenters. The lowest BCUT2D eigenvalue weighted by Gasteiger charge is -2.37. The summed E-state index contributed by atoms with van der Waals surface area (Å²) in [6.07, 6.45) is 1.35. The van der Waals surface area contributed by atoms with Crippen molar-refractivity contribution in [3.05, 3.63) is 71.3 Å². The number of benzene rings is 2. The van der Waals surface area contributed by atoms with E-state index in [0.29, 0.717) is 32.6 Å². The Kier molecular flexibility index (Phi) is 8.70. The molecule has 172 valence electrons. The zero-order valence-corrected chi connectivity index (χ0v) is 18.0. The molecule has 32 heavy (non-hydrogen) atoms. The van der Waals surface area contributed by atoms with E-state index in [4.69, 9.17) is 9.47 Å². The molecule has 1 heterocycles. The van der Waals surface area contributed by atoms with Crippen LogP contribution in [0.1, 0.15) is 30.9 Å². The van der Waals surface area contributed by atoms with Crippen LogP contribution in [-0.2, 0) is 20.8 Å². The van der Waals surface area contributed by atoms with Crippen LogP contribution >= 0.6 is 0 Å². The summed E-state index contributed by atoms with van der Waals surface area (Å²) in [6.45, 7) is 3.41. The van der Waals surface area contributed by atoms with Crippen LogP contribution in [0.3, 0.4) is 0 Å². The first-order valence-corrected chi connectivity index (χ1v) is 10.7. The molecule has 3 rings (SSSR count). The Bertz CT molecular complexity index is 897. The summed E-state index contributed by atoms with van der Waals surface area (Å²) in [5, 5.41) is 13.0. The summed E-state index contributed by atoms with van der Waals surface area (Å²) >= 11 is 0. The molecule has 1 unspecified atom stereocenters. The molecule has 1 aliphatic rings. The second kappa shape index (κ2) is 11.7. The first-order chi connectivity index (χ1) is 15.5. The van der Waals surface area contributed by atoms with Crippen LogP contribution in [0.2, 0.25) is 0 Å². The van der Waals surface area contributed by atoms with Crippen LogP contribution in [0.15, 0.2) is 53.7 Å². The zero-order valence-electron chi connectivity index (χ0n) is 18.0. The standard InChI is InChI=1S/C24H28F2N2O4/c1-2-32-24(29)23(18-8-10-31-11-9-18)28(15-17-6-4-3-5-7-17)16-22(27-30)19-12-20(25)14-21(26)13-19/h3-7,12-14,18,23,30H,2,8-11,15-16H2,1H3. The van der Waals surface area contributed by atoms with Crippen LogP contribution in [0, 0.1) is 17.6 Å². The fourth-order valence-corrected chi connectivity index (χ4v) is 4.06. The smallest absolute Gasteiger partial charge is 0.323 e. The number of hydrogen-bond donors (Lipinski definition) is 1. The van der Waals surface area contributed by atoms with Crippen molar-refractivity contribution < 1.29 is 28.3 Å². The van der Waals surface area contributed by atoms with E-state index in [1.807, 2.05) is 35.2 Å². The van der Waals surface area contributed by atoms with Crippen molar-refractivity contribution in [3.63, 3.8) is 0 Å². The van der Waals surface area contributed by atoms with Gasteiger partial charge in [0.15, 0.2) is 0 Å². The minimum atomic E-state index is -0.776. The summed E-state index contributed by atoms with van der Waals surface area (Å²) in [5.74, 6) is -1.96. The van der Waals surface area contributed by atoms with Gasteiger partial charge in [0.05, 0.1) is 6.61 Å². The number of oxime groups is 1. The van der Waals surface area contributed by atoms with Gasteiger partial charge in [0.25, 0.3) is 0 Å². The summed E-state index contributed by atoms with van der Waals surface area (Å²) < 4.78 is 38.5. The van der Waals surface area contributed by atoms with Crippen molar-refractivity contribution in [3.8, 4) is 0 Å². The Morgan fingerprint density at radius 3 is 2.44 bits per heavy atom. The van der Waals surface area contributed by atoms with E-state index < -0.39 is 17.7 Å². The second-order valence-corrected chi connectivity index (χ2v) is 7.74. The molecule has 0 radical (unpaired) electrons. The largest absolute Gasteiger partial charge is 0.465 e. The summed E-state index contributed by atoms with van der Waals surface area (Å²) in [5.41, 5.74) is 1.11. The number of nitrogens with zero attached hydrogens (tertiary/aromatic N) is 2. The van der Waals surface area contributed by atoms with E-state index in [1.54, 1.807) is 6.92 Å². The van der Waals surface area contributed by atoms with Crippen LogP contribution in [0.5, 0.6) is 0 Å². The van der Waals surface area contributed by atoms with Crippen molar-refractivity contribution in [2.24, 2.45) is 11.1 Å². The molecule has 0 bridgehead atoms. The average Bonchev–Trinajstić information content (AvgIpc) is 2.78. The lowest BCUT2D eigenvalue weighted by Crippen LogP contribution is -2.50. The normalized spacial score (nSPS) is 16.2. The van der Waals surface area contributed by atoms with Crippen molar-refractivity contribution >= 4 is 11.7 Å². The predicted octanol–water partition coefficient (Wildman–Crippen LogP) is 4.00. The van der Waals surface area contributed by atoms with Gasteiger partial charge < -0.3 is 14.7 Å². The molecule has 0 saturated carbocycles. The van der Waals surface area contributed by atoms with E-state index in [2.05, 4.69) is 5.16 Å². The summed E-state index contributed by atoms with van der Waals surface area (Å²) in [4.78, 5) is 14.9. The van der Waals surface area contributed by atoms with Gasteiger partial charge in [-0.1, -0.05) is 35.5 Å². The highest BCUT2D eigenvalue weighted by Crippen LogP contribution is 2.26. The van der Waals surface area contributed by atoms with E-state index >= 15 is 0 Å². The first-order valence-electron chi connectivity index (χ1n) is 10.7. The third-order valence-electron chi connectivity index (χ3n) is 5.53. The predicted molar refractivity (Wildman–Crippen MR) is 115 cm³/mol. The number of ether oxygens (including phenoxy) is 2. The van der Waals surface area contributed by atoms with Gasteiger partial charge in [-0.3, -0.25) is 9.69 Å². The molecule has 0 aliphatic carbocycles. The molecule has 1 N–H and O–H groups in total. The monoisotopic (exact) mass is 446 g/mol. The Labute approximate surface area is 186 Å². The summed E-state index contributed by atoms with van der Waals surface area (Å²) in [7, 11) is 0. The van der Waals surface area contributed by atoms with E-state index in [0.717, 1.165) is 23.8 Å². The van der Waals surface area contributed by atoms with Gasteiger partial charge >= 0.3 is 5.97 Å². The quantitative estimate of drug-likeness (QED) is 0.273. The fraction of sp³-hybridized carbons (Fsp3) is 0.417. The Hall–Kier alpha value is -2.84. The molecule has 6 nitrogen and oxygen atoms in total. The minimum Gasteiger partial charge on any atom is -0.465 e. The number of carbonyl (C=O) groups excluding carboxylic acids is 1. The molecule has 1 aliphatic heterocycles. The fourth-order valence-electron chi connectivity index (χ4n) is 4.06. The van der Waals surface area contributed by atoms with Gasteiger partial charge in [0.1, 0.15) is 23.4 Å². The molecule has 0 spiro atoms. The molecule has 1 saturated heterocycles. The van der Waals surface area contributed by atoms with Crippen LogP contribution in [-0.4, -0.2) is 54.2 Å². The number of esters is 1. The molecule has 2 aromatic rings. The third-order valence-corrected chi connectivity index (χ3v) is 5.53. The molecular weight excluding hydrogens is 418 g/mol. The highest BCUT2D eigenvalue weighted by atomic mass is 19.1. The van der Waals surface area contributed by atoms with Gasteiger partial charge in [0.2, 0.25) is 0 Å². The Morgan fingerprint density at radius 2 is 1.84 bits per heavy atom. The molecule has 2 aromatic carbocycles. The lowest BCUT2D eigenvalue weighted by atomic mass is 9.89.